The number of primary amides is 1. The van der Waals surface area contributed by atoms with Crippen molar-refractivity contribution in [1.29, 1.82) is 0 Å². The van der Waals surface area contributed by atoms with E-state index in [-0.39, 0.29) is 6.54 Å². The van der Waals surface area contributed by atoms with E-state index in [9.17, 15) is 9.59 Å². The van der Waals surface area contributed by atoms with Crippen LogP contribution in [0, 0.1) is 0 Å². The summed E-state index contributed by atoms with van der Waals surface area (Å²) in [6.07, 6.45) is 0. The molecular weight excluding hydrogens is 210 g/mol. The molecule has 86 valence electrons. The molecule has 3 amide bonds. The summed E-state index contributed by atoms with van der Waals surface area (Å²) in [5.41, 5.74) is 8.15. The van der Waals surface area contributed by atoms with Crippen LogP contribution in [-0.4, -0.2) is 18.5 Å². The lowest BCUT2D eigenvalue weighted by molar-refractivity contribution is -0.122. The molecule has 0 bridgehead atoms. The third-order valence-electron chi connectivity index (χ3n) is 1.68. The smallest absolute Gasteiger partial charge is 0.318 e. The van der Waals surface area contributed by atoms with Gasteiger partial charge in [-0.25, -0.2) is 4.79 Å². The van der Waals surface area contributed by atoms with Crippen molar-refractivity contribution in [1.82, 2.24) is 10.8 Å². The van der Waals surface area contributed by atoms with Gasteiger partial charge in [-0.15, -0.1) is 0 Å². The number of benzene rings is 1. The van der Waals surface area contributed by atoms with Crippen molar-refractivity contribution in [3.63, 3.8) is 0 Å². The minimum atomic E-state index is -0.880. The van der Waals surface area contributed by atoms with E-state index in [2.05, 4.69) is 5.48 Å². The van der Waals surface area contributed by atoms with Gasteiger partial charge < -0.3 is 5.73 Å². The van der Waals surface area contributed by atoms with E-state index in [1.807, 2.05) is 35.6 Å². The second-order valence-corrected chi connectivity index (χ2v) is 3.01. The van der Waals surface area contributed by atoms with Crippen LogP contribution in [0.25, 0.3) is 0 Å². The maximum Gasteiger partial charge on any atom is 0.318 e. The number of amides is 3. The lowest BCUT2D eigenvalue weighted by Crippen LogP contribution is -2.40. The Morgan fingerprint density at radius 2 is 1.94 bits per heavy atom. The topological polar surface area (TPSA) is 93.5 Å². The van der Waals surface area contributed by atoms with Gasteiger partial charge in [0.1, 0.15) is 6.54 Å². The molecule has 0 radical (unpaired) electrons. The molecule has 0 fully saturated rings. The zero-order valence-corrected chi connectivity index (χ0v) is 8.60. The lowest BCUT2D eigenvalue weighted by Gasteiger charge is -2.05. The van der Waals surface area contributed by atoms with Crippen molar-refractivity contribution in [2.24, 2.45) is 5.73 Å². The number of carbonyl (C=O) groups excluding carboxylic acids is 2. The normalized spacial score (nSPS) is 9.75. The van der Waals surface area contributed by atoms with Gasteiger partial charge in [0.05, 0.1) is 6.61 Å². The van der Waals surface area contributed by atoms with E-state index in [1.165, 1.54) is 0 Å². The number of imide groups is 1. The molecule has 0 saturated heterocycles. The second-order valence-electron chi connectivity index (χ2n) is 3.01. The first-order valence-electron chi connectivity index (χ1n) is 4.66. The quantitative estimate of drug-likeness (QED) is 0.480. The van der Waals surface area contributed by atoms with Gasteiger partial charge in [-0.2, -0.15) is 5.48 Å². The molecule has 6 nitrogen and oxygen atoms in total. The zero-order chi connectivity index (χ0) is 11.8. The number of hydrogen-bond donors (Lipinski definition) is 3. The first kappa shape index (κ1) is 12.2. The predicted molar refractivity (Wildman–Crippen MR) is 57.0 cm³/mol. The largest absolute Gasteiger partial charge is 0.351 e. The van der Waals surface area contributed by atoms with Crippen LogP contribution < -0.4 is 16.5 Å². The van der Waals surface area contributed by atoms with Gasteiger partial charge in [0.15, 0.2) is 0 Å². The second kappa shape index (κ2) is 6.54. The van der Waals surface area contributed by atoms with E-state index in [4.69, 9.17) is 10.6 Å². The molecule has 0 aromatic heterocycles. The number of hydrogen-bond acceptors (Lipinski definition) is 4. The van der Waals surface area contributed by atoms with Gasteiger partial charge in [0, 0.05) is 0 Å². The zero-order valence-electron chi connectivity index (χ0n) is 8.60. The fraction of sp³-hybridized carbons (Fsp3) is 0.200. The molecule has 1 aromatic rings. The summed E-state index contributed by atoms with van der Waals surface area (Å²) in [6.45, 7) is 0.209. The van der Waals surface area contributed by atoms with E-state index >= 15 is 0 Å². The first-order chi connectivity index (χ1) is 7.68. The fourth-order valence-electron chi connectivity index (χ4n) is 1.01. The van der Waals surface area contributed by atoms with Crippen LogP contribution in [0.4, 0.5) is 4.79 Å². The Bertz CT molecular complexity index is 354. The van der Waals surface area contributed by atoms with Crippen molar-refractivity contribution in [2.75, 3.05) is 6.54 Å². The van der Waals surface area contributed by atoms with Gasteiger partial charge in [0.2, 0.25) is 5.91 Å². The molecule has 0 saturated carbocycles. The summed E-state index contributed by atoms with van der Waals surface area (Å²) in [5, 5.41) is 1.90. The molecule has 0 aliphatic carbocycles. The predicted octanol–water partition coefficient (Wildman–Crippen LogP) is -0.0973. The summed E-state index contributed by atoms with van der Waals surface area (Å²) in [7, 11) is 0. The molecule has 1 rings (SSSR count). The molecule has 0 unspecified atom stereocenters. The minimum absolute atomic E-state index is 0.129. The molecule has 4 N–H and O–H groups in total. The van der Waals surface area contributed by atoms with Crippen molar-refractivity contribution in [3.05, 3.63) is 35.9 Å². The number of nitrogens with two attached hydrogens (primary N) is 1. The molecule has 1 aromatic carbocycles. The van der Waals surface area contributed by atoms with Crippen molar-refractivity contribution < 1.29 is 14.4 Å². The Balaban J connectivity index is 2.13. The molecular formula is C10H13N3O3. The number of nitrogens with one attached hydrogen (secondary N) is 2. The van der Waals surface area contributed by atoms with Crippen LogP contribution in [0.2, 0.25) is 0 Å². The van der Waals surface area contributed by atoms with Crippen LogP contribution in [0.15, 0.2) is 30.3 Å². The number of urea groups is 1. The summed E-state index contributed by atoms with van der Waals surface area (Å²) in [6, 6.07) is 8.58. The van der Waals surface area contributed by atoms with Gasteiger partial charge in [-0.05, 0) is 5.56 Å². The van der Waals surface area contributed by atoms with E-state index < -0.39 is 11.9 Å². The Morgan fingerprint density at radius 1 is 1.25 bits per heavy atom. The van der Waals surface area contributed by atoms with E-state index in [1.54, 1.807) is 0 Å². The highest BCUT2D eigenvalue weighted by Crippen LogP contribution is 1.98. The van der Waals surface area contributed by atoms with Gasteiger partial charge in [-0.1, -0.05) is 30.3 Å². The maximum absolute atomic E-state index is 10.9. The van der Waals surface area contributed by atoms with E-state index in [0.29, 0.717) is 6.61 Å². The highest BCUT2D eigenvalue weighted by atomic mass is 16.6. The van der Waals surface area contributed by atoms with Gasteiger partial charge >= 0.3 is 6.03 Å². The van der Waals surface area contributed by atoms with Gasteiger partial charge in [-0.3, -0.25) is 14.9 Å². The average molecular weight is 223 g/mol. The average Bonchev–Trinajstić information content (AvgIpc) is 2.25. The maximum atomic E-state index is 10.9. The Morgan fingerprint density at radius 3 is 2.56 bits per heavy atom. The molecule has 0 aliphatic rings. The molecule has 16 heavy (non-hydrogen) atoms. The summed E-state index contributed by atoms with van der Waals surface area (Å²) in [5.74, 6) is -0.541. The highest BCUT2D eigenvalue weighted by Gasteiger charge is 2.02. The first-order valence-corrected chi connectivity index (χ1v) is 4.66. The highest BCUT2D eigenvalue weighted by molar-refractivity contribution is 5.94. The molecule has 6 heteroatoms. The van der Waals surface area contributed by atoms with Crippen molar-refractivity contribution in [2.45, 2.75) is 6.61 Å². The Kier molecular flexibility index (Phi) is 4.97. The summed E-state index contributed by atoms with van der Waals surface area (Å²) >= 11 is 0. The van der Waals surface area contributed by atoms with Crippen molar-refractivity contribution >= 4 is 11.9 Å². The Labute approximate surface area is 92.7 Å². The number of carbonyl (C=O) groups is 2. The minimum Gasteiger partial charge on any atom is -0.351 e. The van der Waals surface area contributed by atoms with Crippen LogP contribution in [0.3, 0.4) is 0 Å². The standard InChI is InChI=1S/C10H13N3O3/c11-10(15)13-9(14)6-12-16-7-8-4-2-1-3-5-8/h1-5,12H,6-7H2,(H3,11,13,14,15). The Hall–Kier alpha value is -1.92. The molecule has 0 atom stereocenters. The number of rotatable bonds is 5. The van der Waals surface area contributed by atoms with Crippen LogP contribution in [0.1, 0.15) is 5.56 Å². The number of hydroxylamine groups is 1. The molecule has 0 spiro atoms. The fourth-order valence-corrected chi connectivity index (χ4v) is 1.01. The van der Waals surface area contributed by atoms with Gasteiger partial charge in [0.25, 0.3) is 0 Å². The van der Waals surface area contributed by atoms with Crippen LogP contribution >= 0.6 is 0 Å². The SMILES string of the molecule is NC(=O)NC(=O)CNOCc1ccccc1. The van der Waals surface area contributed by atoms with Crippen LogP contribution in [-0.2, 0) is 16.2 Å². The third-order valence-corrected chi connectivity index (χ3v) is 1.68. The monoisotopic (exact) mass is 223 g/mol. The van der Waals surface area contributed by atoms with Crippen molar-refractivity contribution in [3.8, 4) is 0 Å². The summed E-state index contributed by atoms with van der Waals surface area (Å²) in [4.78, 5) is 26.2. The molecule has 0 heterocycles. The summed E-state index contributed by atoms with van der Waals surface area (Å²) < 4.78 is 0. The van der Waals surface area contributed by atoms with Crippen LogP contribution in [0.5, 0.6) is 0 Å². The lowest BCUT2D eigenvalue weighted by atomic mass is 10.2. The third kappa shape index (κ3) is 5.08. The van der Waals surface area contributed by atoms with E-state index in [0.717, 1.165) is 5.56 Å². The molecule has 0 aliphatic heterocycles.